The highest BCUT2D eigenvalue weighted by Crippen LogP contribution is 2.27. The van der Waals surface area contributed by atoms with Crippen LogP contribution in [0.2, 0.25) is 0 Å². The number of rotatable bonds is 5. The Morgan fingerprint density at radius 2 is 1.72 bits per heavy atom. The van der Waals surface area contributed by atoms with E-state index < -0.39 is 24.4 Å². The van der Waals surface area contributed by atoms with Crippen molar-refractivity contribution in [3.63, 3.8) is 0 Å². The number of carbonyl (C=O) groups excluding carboxylic acids is 4. The van der Waals surface area contributed by atoms with Crippen LogP contribution in [0.25, 0.3) is 0 Å². The molecule has 4 rings (SSSR count). The summed E-state index contributed by atoms with van der Waals surface area (Å²) in [5.74, 6) is -2.09. The highest BCUT2D eigenvalue weighted by atomic mass is 16.2. The Labute approximate surface area is 169 Å². The highest BCUT2D eigenvalue weighted by Gasteiger charge is 2.45. The Morgan fingerprint density at radius 1 is 0.931 bits per heavy atom. The molecule has 2 aliphatic heterocycles. The zero-order chi connectivity index (χ0) is 20.4. The van der Waals surface area contributed by atoms with Gasteiger partial charge in [-0.2, -0.15) is 0 Å². The summed E-state index contributed by atoms with van der Waals surface area (Å²) in [4.78, 5) is 53.6. The molecular formula is C22H25N3O4. The third-order valence-corrected chi connectivity index (χ3v) is 5.88. The smallest absolute Gasteiger partial charge is 0.311 e. The number of anilines is 1. The predicted octanol–water partition coefficient (Wildman–Crippen LogP) is 2.65. The number of hydrogen-bond acceptors (Lipinski definition) is 4. The highest BCUT2D eigenvalue weighted by molar-refractivity contribution is 6.45. The summed E-state index contributed by atoms with van der Waals surface area (Å²) in [6.45, 7) is 0.321. The van der Waals surface area contributed by atoms with Gasteiger partial charge in [-0.15, -0.1) is 0 Å². The number of imide groups is 2. The average molecular weight is 395 g/mol. The molecule has 1 saturated heterocycles. The summed E-state index contributed by atoms with van der Waals surface area (Å²) in [5.41, 5.74) is 3.11. The van der Waals surface area contributed by atoms with E-state index >= 15 is 0 Å². The van der Waals surface area contributed by atoms with E-state index in [9.17, 15) is 19.2 Å². The van der Waals surface area contributed by atoms with Gasteiger partial charge in [-0.3, -0.25) is 19.3 Å². The minimum Gasteiger partial charge on any atom is -0.311 e. The van der Waals surface area contributed by atoms with E-state index in [1.54, 1.807) is 4.90 Å². The molecule has 7 heteroatoms. The first-order valence-corrected chi connectivity index (χ1v) is 10.3. The summed E-state index contributed by atoms with van der Waals surface area (Å²) in [7, 11) is 0. The van der Waals surface area contributed by atoms with Crippen LogP contribution in [0, 0.1) is 0 Å². The van der Waals surface area contributed by atoms with E-state index in [2.05, 4.69) is 6.08 Å². The van der Waals surface area contributed by atoms with Gasteiger partial charge in [-0.1, -0.05) is 29.8 Å². The number of carbonyl (C=O) groups is 4. The molecule has 5 amide bonds. The maximum Gasteiger partial charge on any atom is 0.334 e. The van der Waals surface area contributed by atoms with E-state index in [0.717, 1.165) is 53.2 Å². The van der Waals surface area contributed by atoms with Gasteiger partial charge >= 0.3 is 17.8 Å². The molecule has 2 heterocycles. The topological polar surface area (TPSA) is 78.0 Å². The molecule has 3 aliphatic rings. The Balaban J connectivity index is 1.43. The zero-order valence-electron chi connectivity index (χ0n) is 16.4. The summed E-state index contributed by atoms with van der Waals surface area (Å²) in [5, 5.41) is 0. The number of fused-ring (bicyclic) bond motifs is 1. The van der Waals surface area contributed by atoms with Crippen molar-refractivity contribution in [2.24, 2.45) is 0 Å². The number of nitrogens with zero attached hydrogens (tertiary/aromatic N) is 3. The molecule has 1 fully saturated rings. The van der Waals surface area contributed by atoms with Crippen LogP contribution in [0.5, 0.6) is 0 Å². The summed E-state index contributed by atoms with van der Waals surface area (Å²) in [6.07, 6.45) is 8.74. The summed E-state index contributed by atoms with van der Waals surface area (Å²) in [6, 6.07) is 6.96. The second-order valence-corrected chi connectivity index (χ2v) is 7.77. The first kappa shape index (κ1) is 19.4. The molecule has 0 N–H and O–H groups in total. The lowest BCUT2D eigenvalue weighted by Gasteiger charge is -2.30. The molecule has 0 spiro atoms. The molecule has 152 valence electrons. The normalized spacial score (nSPS) is 19.5. The molecule has 0 aromatic heterocycles. The molecular weight excluding hydrogens is 370 g/mol. The first-order chi connectivity index (χ1) is 14.1. The number of para-hydroxylation sites is 1. The van der Waals surface area contributed by atoms with Crippen LogP contribution in [0.15, 0.2) is 35.9 Å². The lowest BCUT2D eigenvalue weighted by Crippen LogP contribution is -2.45. The van der Waals surface area contributed by atoms with Gasteiger partial charge in [0.1, 0.15) is 6.54 Å². The van der Waals surface area contributed by atoms with Crippen molar-refractivity contribution >= 4 is 29.4 Å². The van der Waals surface area contributed by atoms with Crippen LogP contribution in [-0.2, 0) is 20.8 Å². The maximum absolute atomic E-state index is 12.9. The van der Waals surface area contributed by atoms with Crippen LogP contribution in [0.3, 0.4) is 0 Å². The van der Waals surface area contributed by atoms with Crippen LogP contribution < -0.4 is 4.90 Å². The van der Waals surface area contributed by atoms with Crippen molar-refractivity contribution in [2.75, 3.05) is 24.5 Å². The molecule has 1 aliphatic carbocycles. The van der Waals surface area contributed by atoms with Gasteiger partial charge in [0.05, 0.1) is 0 Å². The Bertz CT molecular complexity index is 892. The second kappa shape index (κ2) is 8.19. The monoisotopic (exact) mass is 395 g/mol. The van der Waals surface area contributed by atoms with E-state index in [-0.39, 0.29) is 12.5 Å². The maximum atomic E-state index is 12.9. The molecule has 0 radical (unpaired) electrons. The van der Waals surface area contributed by atoms with Gasteiger partial charge in [0, 0.05) is 18.8 Å². The molecule has 0 atom stereocenters. The number of urea groups is 1. The number of aryl methyl sites for hydroxylation is 1. The van der Waals surface area contributed by atoms with Crippen molar-refractivity contribution in [1.82, 2.24) is 9.80 Å². The number of hydrogen-bond donors (Lipinski definition) is 0. The molecule has 0 saturated carbocycles. The van der Waals surface area contributed by atoms with Gasteiger partial charge in [-0.25, -0.2) is 9.69 Å². The lowest BCUT2D eigenvalue weighted by molar-refractivity contribution is -0.143. The molecule has 7 nitrogen and oxygen atoms in total. The van der Waals surface area contributed by atoms with Crippen molar-refractivity contribution < 1.29 is 19.2 Å². The van der Waals surface area contributed by atoms with E-state index in [0.29, 0.717) is 13.0 Å². The number of allylic oxidation sites excluding steroid dienone is 1. The van der Waals surface area contributed by atoms with Crippen LogP contribution in [0.4, 0.5) is 10.5 Å². The third kappa shape index (κ3) is 3.81. The van der Waals surface area contributed by atoms with Crippen molar-refractivity contribution in [2.45, 2.75) is 44.9 Å². The number of benzene rings is 1. The quantitative estimate of drug-likeness (QED) is 0.436. The Morgan fingerprint density at radius 3 is 2.52 bits per heavy atom. The largest absolute Gasteiger partial charge is 0.334 e. The van der Waals surface area contributed by atoms with Gasteiger partial charge < -0.3 is 4.90 Å². The molecule has 1 aromatic carbocycles. The van der Waals surface area contributed by atoms with Crippen molar-refractivity contribution in [1.29, 1.82) is 0 Å². The van der Waals surface area contributed by atoms with E-state index in [1.807, 2.05) is 24.3 Å². The first-order valence-electron chi connectivity index (χ1n) is 10.3. The van der Waals surface area contributed by atoms with E-state index in [1.165, 1.54) is 12.0 Å². The van der Waals surface area contributed by atoms with Crippen molar-refractivity contribution in [3.8, 4) is 0 Å². The SMILES string of the molecule is O=C1C(=O)N(CC(=O)N2CCCc3ccccc32)C(=O)N1CCC1=CCCCC1. The van der Waals surface area contributed by atoms with Gasteiger partial charge in [-0.05, 0) is 56.6 Å². The van der Waals surface area contributed by atoms with E-state index in [4.69, 9.17) is 0 Å². The van der Waals surface area contributed by atoms with Crippen LogP contribution in [0.1, 0.15) is 44.1 Å². The molecule has 29 heavy (non-hydrogen) atoms. The standard InChI is InChI=1S/C22H25N3O4/c26-19(23-13-6-10-17-9-4-5-11-18(17)23)15-25-21(28)20(27)24(22(25)29)14-12-16-7-2-1-3-8-16/h4-5,7,9,11H,1-3,6,8,10,12-15H2. The predicted molar refractivity (Wildman–Crippen MR) is 107 cm³/mol. The minimum absolute atomic E-state index is 0.187. The second-order valence-electron chi connectivity index (χ2n) is 7.77. The molecule has 0 unspecified atom stereocenters. The molecule has 0 bridgehead atoms. The summed E-state index contributed by atoms with van der Waals surface area (Å²) >= 11 is 0. The van der Waals surface area contributed by atoms with Gasteiger partial charge in [0.2, 0.25) is 5.91 Å². The minimum atomic E-state index is -0.911. The van der Waals surface area contributed by atoms with Gasteiger partial charge in [0.15, 0.2) is 0 Å². The molecule has 1 aromatic rings. The van der Waals surface area contributed by atoms with Gasteiger partial charge in [0.25, 0.3) is 0 Å². The summed E-state index contributed by atoms with van der Waals surface area (Å²) < 4.78 is 0. The van der Waals surface area contributed by atoms with Crippen LogP contribution in [-0.4, -0.2) is 53.2 Å². The van der Waals surface area contributed by atoms with Crippen LogP contribution >= 0.6 is 0 Å². The fraction of sp³-hybridized carbons (Fsp3) is 0.455. The average Bonchev–Trinajstić information content (AvgIpc) is 2.95. The third-order valence-electron chi connectivity index (χ3n) is 5.88. The Kier molecular flexibility index (Phi) is 5.47. The number of amides is 5. The Hall–Kier alpha value is -2.96. The zero-order valence-corrected chi connectivity index (χ0v) is 16.4. The fourth-order valence-corrected chi connectivity index (χ4v) is 4.29. The lowest BCUT2D eigenvalue weighted by atomic mass is 9.97. The fourth-order valence-electron chi connectivity index (χ4n) is 4.29. The van der Waals surface area contributed by atoms with Crippen molar-refractivity contribution in [3.05, 3.63) is 41.5 Å².